The number of amides is 1. The Bertz CT molecular complexity index is 1550. The number of hydrogen-bond acceptors (Lipinski definition) is 7. The van der Waals surface area contributed by atoms with E-state index in [1.807, 2.05) is 33.3 Å². The maximum Gasteiger partial charge on any atom is 0.306 e. The SMILES string of the molecule is CCCCC/C=C\C/C=C\C/C=C\CCCCCCC(=O)OC(/C=C\CCCCCCCCCCCC)C(COP(=O)([O-])OCC[N+](C)(C)C)NC(=O)CCCCCCCCCCCCCCCCC/C=C/CCCCCCCC. The monoisotopic (exact) mass is 1140 g/mol. The van der Waals surface area contributed by atoms with E-state index < -0.39 is 26.6 Å². The first-order valence-electron chi connectivity index (χ1n) is 34.1. The van der Waals surface area contributed by atoms with Gasteiger partial charge >= 0.3 is 5.97 Å². The lowest BCUT2D eigenvalue weighted by atomic mass is 10.0. The molecule has 1 amide bonds. The van der Waals surface area contributed by atoms with Crippen molar-refractivity contribution in [3.05, 3.63) is 60.8 Å². The van der Waals surface area contributed by atoms with E-state index in [0.29, 0.717) is 23.9 Å². The lowest BCUT2D eigenvalue weighted by molar-refractivity contribution is -0.870. The van der Waals surface area contributed by atoms with Crippen molar-refractivity contribution in [1.29, 1.82) is 0 Å². The van der Waals surface area contributed by atoms with Gasteiger partial charge in [0.2, 0.25) is 5.91 Å². The van der Waals surface area contributed by atoms with Gasteiger partial charge < -0.3 is 28.5 Å². The molecule has 0 aromatic heterocycles. The number of hydrogen-bond donors (Lipinski definition) is 1. The van der Waals surface area contributed by atoms with Crippen LogP contribution in [0.2, 0.25) is 0 Å². The fourth-order valence-corrected chi connectivity index (χ4v) is 10.6. The Morgan fingerprint density at radius 3 is 1.18 bits per heavy atom. The highest BCUT2D eigenvalue weighted by Gasteiger charge is 2.27. The first-order chi connectivity index (χ1) is 38.9. The number of ether oxygens (including phenoxy) is 1. The van der Waals surface area contributed by atoms with E-state index >= 15 is 0 Å². The van der Waals surface area contributed by atoms with Crippen LogP contribution in [0.3, 0.4) is 0 Å². The van der Waals surface area contributed by atoms with Crippen molar-refractivity contribution in [2.24, 2.45) is 0 Å². The molecule has 3 atom stereocenters. The number of phosphoric acid groups is 1. The van der Waals surface area contributed by atoms with E-state index in [9.17, 15) is 19.0 Å². The molecule has 0 radical (unpaired) electrons. The van der Waals surface area contributed by atoms with Crippen LogP contribution in [0.5, 0.6) is 0 Å². The molecule has 3 unspecified atom stereocenters. The molecule has 0 aliphatic carbocycles. The Kier molecular flexibility index (Phi) is 58.1. The third kappa shape index (κ3) is 60.3. The minimum atomic E-state index is -4.71. The van der Waals surface area contributed by atoms with Crippen molar-refractivity contribution in [3.8, 4) is 0 Å². The second-order valence-electron chi connectivity index (χ2n) is 24.3. The Morgan fingerprint density at radius 1 is 0.438 bits per heavy atom. The summed E-state index contributed by atoms with van der Waals surface area (Å²) in [6.45, 7) is 6.83. The maximum atomic E-state index is 13.6. The molecule has 0 aromatic rings. The Balaban J connectivity index is 5.10. The summed E-state index contributed by atoms with van der Waals surface area (Å²) in [5.74, 6) is -0.556. The summed E-state index contributed by atoms with van der Waals surface area (Å²) < 4.78 is 30.4. The highest BCUT2D eigenvalue weighted by molar-refractivity contribution is 7.45. The first kappa shape index (κ1) is 77.7. The van der Waals surface area contributed by atoms with Crippen LogP contribution >= 0.6 is 7.82 Å². The summed E-state index contributed by atoms with van der Waals surface area (Å²) in [5, 5.41) is 3.04. The van der Waals surface area contributed by atoms with Crippen LogP contribution in [-0.4, -0.2) is 69.4 Å². The predicted molar refractivity (Wildman–Crippen MR) is 344 cm³/mol. The zero-order chi connectivity index (χ0) is 58.6. The maximum absolute atomic E-state index is 13.6. The fourth-order valence-electron chi connectivity index (χ4n) is 9.88. The number of quaternary nitrogens is 1. The number of rotatable bonds is 62. The smallest absolute Gasteiger partial charge is 0.306 e. The van der Waals surface area contributed by atoms with Gasteiger partial charge in [0.15, 0.2) is 0 Å². The second-order valence-corrected chi connectivity index (χ2v) is 25.7. The number of carbonyl (C=O) groups is 2. The van der Waals surface area contributed by atoms with Gasteiger partial charge in [-0.1, -0.05) is 275 Å². The lowest BCUT2D eigenvalue weighted by Crippen LogP contribution is -2.47. The molecule has 1 N–H and O–H groups in total. The van der Waals surface area contributed by atoms with Crippen molar-refractivity contribution >= 4 is 19.7 Å². The number of phosphoric ester groups is 1. The molecule has 0 spiro atoms. The van der Waals surface area contributed by atoms with Crippen LogP contribution in [-0.2, 0) is 27.9 Å². The van der Waals surface area contributed by atoms with Crippen molar-refractivity contribution in [1.82, 2.24) is 5.32 Å². The van der Waals surface area contributed by atoms with Crippen LogP contribution in [0, 0.1) is 0 Å². The van der Waals surface area contributed by atoms with E-state index in [1.165, 1.54) is 205 Å². The number of carbonyl (C=O) groups excluding carboxylic acids is 2. The zero-order valence-corrected chi connectivity index (χ0v) is 54.4. The minimum absolute atomic E-state index is 0.0262. The van der Waals surface area contributed by atoms with E-state index in [-0.39, 0.29) is 24.9 Å². The van der Waals surface area contributed by atoms with Crippen LogP contribution in [0.15, 0.2) is 60.8 Å². The van der Waals surface area contributed by atoms with Gasteiger partial charge in [0.25, 0.3) is 7.82 Å². The number of likely N-dealkylation sites (N-methyl/N-ethyl adjacent to an activating group) is 1. The number of unbranched alkanes of at least 4 members (excludes halogenated alkanes) is 38. The predicted octanol–water partition coefficient (Wildman–Crippen LogP) is 20.8. The number of esters is 1. The largest absolute Gasteiger partial charge is 0.756 e. The fraction of sp³-hybridized carbons (Fsp3) is 0.829. The van der Waals surface area contributed by atoms with Crippen LogP contribution in [0.1, 0.15) is 323 Å². The number of allylic oxidation sites excluding steroid dienone is 9. The molecule has 80 heavy (non-hydrogen) atoms. The molecule has 0 saturated heterocycles. The van der Waals surface area contributed by atoms with Gasteiger partial charge in [-0.25, -0.2) is 0 Å². The van der Waals surface area contributed by atoms with Gasteiger partial charge in [-0.3, -0.25) is 14.2 Å². The summed E-state index contributed by atoms with van der Waals surface area (Å²) in [6, 6.07) is -0.898. The first-order valence-corrected chi connectivity index (χ1v) is 35.6. The summed E-state index contributed by atoms with van der Waals surface area (Å²) in [5.41, 5.74) is 0. The van der Waals surface area contributed by atoms with Gasteiger partial charge in [0, 0.05) is 12.8 Å². The average molecular weight is 1140 g/mol. The van der Waals surface area contributed by atoms with Crippen molar-refractivity contribution in [3.63, 3.8) is 0 Å². The topological polar surface area (TPSA) is 114 Å². The number of nitrogens with one attached hydrogen (secondary N) is 1. The summed E-state index contributed by atoms with van der Waals surface area (Å²) in [6.07, 6.45) is 76.3. The molecule has 0 rings (SSSR count). The van der Waals surface area contributed by atoms with E-state index in [4.69, 9.17) is 13.8 Å². The molecule has 468 valence electrons. The lowest BCUT2D eigenvalue weighted by Gasteiger charge is -2.30. The van der Waals surface area contributed by atoms with Gasteiger partial charge in [0.05, 0.1) is 33.8 Å². The molecule has 0 heterocycles. The van der Waals surface area contributed by atoms with Gasteiger partial charge in [0.1, 0.15) is 19.3 Å². The zero-order valence-electron chi connectivity index (χ0n) is 53.5. The van der Waals surface area contributed by atoms with E-state index in [2.05, 4.69) is 74.7 Å². The molecule has 9 nitrogen and oxygen atoms in total. The Morgan fingerprint density at radius 2 is 0.762 bits per heavy atom. The van der Waals surface area contributed by atoms with Crippen LogP contribution in [0.4, 0.5) is 0 Å². The van der Waals surface area contributed by atoms with Gasteiger partial charge in [-0.15, -0.1) is 0 Å². The van der Waals surface area contributed by atoms with Gasteiger partial charge in [-0.05, 0) is 96.0 Å². The molecule has 0 aliphatic heterocycles. The standard InChI is InChI=1S/C70H131N2O7P/c1-7-10-13-16-19-22-25-28-30-32-33-34-35-36-37-38-39-41-42-44-47-50-53-56-59-62-69(73)71-67(66-78-80(75,76)77-65-64-72(4,5)6)68(61-58-55-52-49-46-27-24-21-18-15-12-9-3)79-70(74)63-60-57-54-51-48-45-43-40-31-29-26-23-20-17-14-11-8-2/h20,23,28-31,43,45,58,61,67-68H,7-19,21-22,24-27,32-42,44,46-57,59-60,62-66H2,1-6H3,(H-,71,73,75,76)/b23-20-,30-28+,31-29-,45-43-,61-58-. The third-order valence-corrected chi connectivity index (χ3v) is 16.1. The Hall–Kier alpha value is -2.29. The van der Waals surface area contributed by atoms with Crippen LogP contribution in [0.25, 0.3) is 0 Å². The second kappa shape index (κ2) is 59.9. The Labute approximate surface area is 496 Å². The highest BCUT2D eigenvalue weighted by atomic mass is 31.2. The van der Waals surface area contributed by atoms with Crippen molar-refractivity contribution in [2.75, 3.05) is 40.9 Å². The van der Waals surface area contributed by atoms with Crippen molar-refractivity contribution in [2.45, 2.75) is 335 Å². The molecule has 0 saturated carbocycles. The van der Waals surface area contributed by atoms with Gasteiger partial charge in [-0.2, -0.15) is 0 Å². The summed E-state index contributed by atoms with van der Waals surface area (Å²) >= 11 is 0. The normalized spacial score (nSPS) is 13.9. The molecular formula is C70H131N2O7P. The van der Waals surface area contributed by atoms with Crippen LogP contribution < -0.4 is 10.2 Å². The third-order valence-electron chi connectivity index (χ3n) is 15.2. The van der Waals surface area contributed by atoms with E-state index in [1.54, 1.807) is 0 Å². The molecule has 0 aromatic carbocycles. The van der Waals surface area contributed by atoms with Crippen molar-refractivity contribution < 1.29 is 37.3 Å². The quantitative estimate of drug-likeness (QED) is 0.0212. The summed E-state index contributed by atoms with van der Waals surface area (Å²) in [7, 11) is 1.18. The molecule has 0 fully saturated rings. The molecule has 0 bridgehead atoms. The molecule has 10 heteroatoms. The summed E-state index contributed by atoms with van der Waals surface area (Å²) in [4.78, 5) is 40.1. The highest BCUT2D eigenvalue weighted by Crippen LogP contribution is 2.38. The average Bonchev–Trinajstić information content (AvgIpc) is 3.42. The molecule has 0 aliphatic rings. The van der Waals surface area contributed by atoms with E-state index in [0.717, 1.165) is 77.0 Å². The number of nitrogens with zero attached hydrogens (tertiary/aromatic N) is 1. The minimum Gasteiger partial charge on any atom is -0.756 e. The molecular weight excluding hydrogens is 1010 g/mol.